The van der Waals surface area contributed by atoms with Gasteiger partial charge in [0, 0.05) is 0 Å². The molecule has 0 amide bonds. The zero-order valence-electron chi connectivity index (χ0n) is 3.76. The number of halogens is 1. The van der Waals surface area contributed by atoms with Crippen molar-refractivity contribution < 1.29 is 17.6 Å². The Morgan fingerprint density at radius 2 is 1.88 bits per heavy atom. The number of carbonyl (C=O) groups is 1. The number of thiol groups is 1. The average molecular weight is 138 g/mol. The monoisotopic (exact) mass is 138 g/mol. The number of hydrogen-bond donors (Lipinski definition) is 1. The molecule has 0 unspecified atom stereocenters. The van der Waals surface area contributed by atoms with Gasteiger partial charge in [-0.05, 0) is 0 Å². The van der Waals surface area contributed by atoms with E-state index >= 15 is 0 Å². The van der Waals surface area contributed by atoms with Crippen LogP contribution < -0.4 is 0 Å². The van der Waals surface area contributed by atoms with Crippen LogP contribution in [0.1, 0.15) is 0 Å². The van der Waals surface area contributed by atoms with Gasteiger partial charge in [0.1, 0.15) is 0 Å². The summed E-state index contributed by atoms with van der Waals surface area (Å²) in [6.45, 7) is 2.48. The molecule has 0 saturated carbocycles. The predicted octanol–water partition coefficient (Wildman–Crippen LogP) is -0.392. The Hall–Kier alpha value is -0.710. The molecule has 8 heavy (non-hydrogen) atoms. The van der Waals surface area contributed by atoms with E-state index < -0.39 is 21.6 Å². The summed E-state index contributed by atoms with van der Waals surface area (Å²) in [5.41, 5.74) is 0. The topological polar surface area (TPSA) is 51.2 Å². The quantitative estimate of drug-likeness (QED) is 0.396. The molecular formula is C3H3FO3S. The van der Waals surface area contributed by atoms with Gasteiger partial charge in [-0.15, -0.1) is 0 Å². The highest BCUT2D eigenvalue weighted by Crippen LogP contribution is 1.91. The summed E-state index contributed by atoms with van der Waals surface area (Å²) >= 11 is 0. The minimum absolute atomic E-state index is 1.44. The van der Waals surface area contributed by atoms with E-state index in [9.17, 15) is 17.6 Å². The maximum absolute atomic E-state index is 11.4. The summed E-state index contributed by atoms with van der Waals surface area (Å²) in [6.07, 6.45) is 0. The zero-order chi connectivity index (χ0) is 6.73. The van der Waals surface area contributed by atoms with Crippen molar-refractivity contribution in [1.29, 1.82) is 0 Å². The lowest BCUT2D eigenvalue weighted by Crippen LogP contribution is -1.97. The summed E-state index contributed by atoms with van der Waals surface area (Å²) in [5, 5.41) is -1.56. The van der Waals surface area contributed by atoms with Crippen LogP contribution >= 0.6 is 0 Å². The van der Waals surface area contributed by atoms with Crippen LogP contribution in [0.5, 0.6) is 0 Å². The molecule has 0 spiro atoms. The van der Waals surface area contributed by atoms with Crippen LogP contribution in [0, 0.1) is 0 Å². The van der Waals surface area contributed by atoms with Gasteiger partial charge in [-0.1, -0.05) is 6.58 Å². The van der Waals surface area contributed by atoms with Crippen LogP contribution in [-0.4, -0.2) is 13.5 Å². The molecule has 0 aromatic heterocycles. The van der Waals surface area contributed by atoms with Crippen molar-refractivity contribution in [1.82, 2.24) is 0 Å². The summed E-state index contributed by atoms with van der Waals surface area (Å²) in [6, 6.07) is 0. The van der Waals surface area contributed by atoms with Gasteiger partial charge in [-0.2, -0.15) is 0 Å². The van der Waals surface area contributed by atoms with Crippen LogP contribution in [0.25, 0.3) is 0 Å². The van der Waals surface area contributed by atoms with Crippen molar-refractivity contribution in [2.75, 3.05) is 0 Å². The lowest BCUT2D eigenvalue weighted by Gasteiger charge is -1.77. The fourth-order valence-electron chi connectivity index (χ4n) is 0.0991. The van der Waals surface area contributed by atoms with Crippen molar-refractivity contribution >= 4 is 15.8 Å². The lowest BCUT2D eigenvalue weighted by atomic mass is 10.7. The molecule has 0 fully saturated rings. The molecule has 0 rings (SSSR count). The summed E-state index contributed by atoms with van der Waals surface area (Å²) in [5.74, 6) is -1.44. The van der Waals surface area contributed by atoms with Crippen LogP contribution in [0.3, 0.4) is 0 Å². The van der Waals surface area contributed by atoms with Gasteiger partial charge >= 0.3 is 5.12 Å². The van der Waals surface area contributed by atoms with Gasteiger partial charge in [0.2, 0.25) is 10.7 Å². The first-order valence-electron chi connectivity index (χ1n) is 1.59. The Kier molecular flexibility index (Phi) is 2.33. The maximum Gasteiger partial charge on any atom is 0.301 e. The first kappa shape index (κ1) is 7.29. The lowest BCUT2D eigenvalue weighted by molar-refractivity contribution is -0.109. The van der Waals surface area contributed by atoms with Crippen molar-refractivity contribution in [3.8, 4) is 0 Å². The minimum atomic E-state index is -3.31. The zero-order valence-corrected chi connectivity index (χ0v) is 4.65. The SMILES string of the molecule is C=C(F)C(=O)[SH](=O)=O. The molecule has 5 heteroatoms. The summed E-state index contributed by atoms with van der Waals surface area (Å²) < 4.78 is 30.5. The molecule has 3 nitrogen and oxygen atoms in total. The highest BCUT2D eigenvalue weighted by atomic mass is 32.2. The molecule has 0 atom stereocenters. The normalized spacial score (nSPS) is 9.25. The molecule has 0 saturated heterocycles. The Bertz CT molecular complexity index is 185. The molecule has 46 valence electrons. The molecule has 0 radical (unpaired) electrons. The third kappa shape index (κ3) is 1.83. The summed E-state index contributed by atoms with van der Waals surface area (Å²) in [4.78, 5) is 9.77. The van der Waals surface area contributed by atoms with E-state index in [1.54, 1.807) is 0 Å². The Labute approximate surface area is 46.8 Å². The summed E-state index contributed by atoms with van der Waals surface area (Å²) in [7, 11) is -3.31. The maximum atomic E-state index is 11.4. The largest absolute Gasteiger partial charge is 0.301 e. The second-order valence-corrected chi connectivity index (χ2v) is 1.89. The molecule has 0 heterocycles. The van der Waals surface area contributed by atoms with Crippen molar-refractivity contribution in [2.24, 2.45) is 0 Å². The highest BCUT2D eigenvalue weighted by molar-refractivity contribution is 7.89. The van der Waals surface area contributed by atoms with E-state index in [0.717, 1.165) is 0 Å². The van der Waals surface area contributed by atoms with Gasteiger partial charge in [-0.25, -0.2) is 12.8 Å². The Morgan fingerprint density at radius 1 is 1.50 bits per heavy atom. The van der Waals surface area contributed by atoms with Gasteiger partial charge in [0.05, 0.1) is 0 Å². The van der Waals surface area contributed by atoms with Crippen molar-refractivity contribution in [2.45, 2.75) is 0 Å². The smallest absolute Gasteiger partial charge is 0.274 e. The van der Waals surface area contributed by atoms with Gasteiger partial charge in [0.25, 0.3) is 0 Å². The highest BCUT2D eigenvalue weighted by Gasteiger charge is 2.06. The van der Waals surface area contributed by atoms with Crippen LogP contribution in [0.4, 0.5) is 4.39 Å². The van der Waals surface area contributed by atoms with Crippen LogP contribution in [-0.2, 0) is 15.5 Å². The molecular weight excluding hydrogens is 135 g/mol. The third-order valence-corrected chi connectivity index (χ3v) is 0.972. The molecule has 0 N–H and O–H groups in total. The van der Waals surface area contributed by atoms with Crippen molar-refractivity contribution in [3.63, 3.8) is 0 Å². The molecule has 0 aromatic rings. The van der Waals surface area contributed by atoms with E-state index in [4.69, 9.17) is 0 Å². The van der Waals surface area contributed by atoms with E-state index in [1.165, 1.54) is 0 Å². The number of hydrogen-bond acceptors (Lipinski definition) is 3. The third-order valence-electron chi connectivity index (χ3n) is 0.398. The molecule has 0 aromatic carbocycles. The van der Waals surface area contributed by atoms with Gasteiger partial charge in [0.15, 0.2) is 5.83 Å². The van der Waals surface area contributed by atoms with Crippen LogP contribution in [0.15, 0.2) is 12.4 Å². The fraction of sp³-hybridized carbons (Fsp3) is 0. The van der Waals surface area contributed by atoms with E-state index in [1.807, 2.05) is 0 Å². The molecule has 0 bridgehead atoms. The Morgan fingerprint density at radius 3 is 1.88 bits per heavy atom. The predicted molar refractivity (Wildman–Crippen MR) is 25.6 cm³/mol. The molecule has 0 aliphatic carbocycles. The Balaban J connectivity index is 4.28. The number of carbonyl (C=O) groups excluding carboxylic acids is 1. The van der Waals surface area contributed by atoms with E-state index in [2.05, 4.69) is 6.58 Å². The van der Waals surface area contributed by atoms with Crippen LogP contribution in [0.2, 0.25) is 0 Å². The van der Waals surface area contributed by atoms with Gasteiger partial charge < -0.3 is 0 Å². The second-order valence-electron chi connectivity index (χ2n) is 0.967. The fourth-order valence-corrected chi connectivity index (χ4v) is 0.297. The van der Waals surface area contributed by atoms with Gasteiger partial charge in [-0.3, -0.25) is 4.79 Å². The van der Waals surface area contributed by atoms with E-state index in [-0.39, 0.29) is 0 Å². The average Bonchev–Trinajstić information content (AvgIpc) is 1.64. The molecule has 0 aliphatic heterocycles. The van der Waals surface area contributed by atoms with Crippen molar-refractivity contribution in [3.05, 3.63) is 12.4 Å². The first-order valence-corrected chi connectivity index (χ1v) is 2.76. The number of rotatable bonds is 1. The van der Waals surface area contributed by atoms with E-state index in [0.29, 0.717) is 0 Å². The standard InChI is InChI=1S/C3H3FO3S/c1-2(4)3(5)8(6)7/h8H,1H2. The second kappa shape index (κ2) is 2.56. The first-order chi connectivity index (χ1) is 3.55. The minimum Gasteiger partial charge on any atom is -0.274 e. The molecule has 0 aliphatic rings.